The van der Waals surface area contributed by atoms with Crippen LogP contribution in [0.15, 0.2) is 24.3 Å². The van der Waals surface area contributed by atoms with Crippen molar-refractivity contribution in [3.63, 3.8) is 0 Å². The second kappa shape index (κ2) is 8.00. The van der Waals surface area contributed by atoms with E-state index >= 15 is 0 Å². The molecule has 0 unspecified atom stereocenters. The summed E-state index contributed by atoms with van der Waals surface area (Å²) in [4.78, 5) is 50.2. The summed E-state index contributed by atoms with van der Waals surface area (Å²) >= 11 is 0. The number of carbonyl (C=O) groups is 4. The molecular formula is C20H24N2O6. The summed E-state index contributed by atoms with van der Waals surface area (Å²) in [5.41, 5.74) is -0.548. The van der Waals surface area contributed by atoms with Crippen LogP contribution in [0.25, 0.3) is 0 Å². The summed E-state index contributed by atoms with van der Waals surface area (Å²) in [7, 11) is 1.52. The van der Waals surface area contributed by atoms with Gasteiger partial charge in [-0.1, -0.05) is 19.8 Å². The Hall–Kier alpha value is -2.90. The van der Waals surface area contributed by atoms with Crippen molar-refractivity contribution in [2.24, 2.45) is 5.92 Å². The highest BCUT2D eigenvalue weighted by Gasteiger charge is 2.55. The number of methoxy groups -OCH3 is 1. The van der Waals surface area contributed by atoms with Crippen molar-refractivity contribution in [3.8, 4) is 5.75 Å². The summed E-state index contributed by atoms with van der Waals surface area (Å²) in [6.07, 6.45) is 3.29. The molecule has 1 heterocycles. The predicted molar refractivity (Wildman–Crippen MR) is 98.9 cm³/mol. The lowest BCUT2D eigenvalue weighted by Gasteiger charge is -2.36. The van der Waals surface area contributed by atoms with Gasteiger partial charge in [0.05, 0.1) is 7.11 Å². The highest BCUT2D eigenvalue weighted by atomic mass is 16.5. The van der Waals surface area contributed by atoms with E-state index in [1.54, 1.807) is 24.3 Å². The van der Waals surface area contributed by atoms with E-state index < -0.39 is 30.7 Å². The fourth-order valence-electron chi connectivity index (χ4n) is 3.82. The van der Waals surface area contributed by atoms with Gasteiger partial charge in [-0.3, -0.25) is 19.3 Å². The average molecular weight is 388 g/mol. The Morgan fingerprint density at radius 2 is 1.93 bits per heavy atom. The number of nitrogens with one attached hydrogen (secondary N) is 1. The number of benzene rings is 1. The molecule has 1 aromatic rings. The lowest BCUT2D eigenvalue weighted by atomic mass is 9.73. The molecule has 1 N–H and O–H groups in total. The number of hydrogen-bond acceptors (Lipinski definition) is 6. The molecule has 2 atom stereocenters. The smallest absolute Gasteiger partial charge is 0.326 e. The van der Waals surface area contributed by atoms with Crippen molar-refractivity contribution in [2.45, 2.75) is 38.1 Å². The molecule has 1 aliphatic carbocycles. The van der Waals surface area contributed by atoms with Crippen LogP contribution in [0, 0.1) is 5.92 Å². The number of amides is 3. The summed E-state index contributed by atoms with van der Waals surface area (Å²) in [6.45, 7) is 0.970. The molecule has 1 saturated heterocycles. The molecule has 1 saturated carbocycles. The monoisotopic (exact) mass is 388 g/mol. The Labute approximate surface area is 163 Å². The Bertz CT molecular complexity index is 790. The third kappa shape index (κ3) is 3.72. The van der Waals surface area contributed by atoms with Gasteiger partial charge >= 0.3 is 12.0 Å². The van der Waals surface area contributed by atoms with Crippen LogP contribution in [0.4, 0.5) is 4.79 Å². The second-order valence-corrected chi connectivity index (χ2v) is 7.25. The highest BCUT2D eigenvalue weighted by molar-refractivity contribution is 6.09. The van der Waals surface area contributed by atoms with E-state index in [2.05, 4.69) is 5.32 Å². The van der Waals surface area contributed by atoms with Crippen molar-refractivity contribution in [3.05, 3.63) is 29.8 Å². The molecule has 8 nitrogen and oxygen atoms in total. The standard InChI is InChI=1S/C20H24N2O6/c1-13-5-3-4-10-20(13)18(25)22(19(26)21-20)11-17(24)28-12-16(23)14-6-8-15(27-2)9-7-14/h6-9,13H,3-5,10-12H2,1-2H3,(H,21,26)/t13-,20-/m1/s1. The largest absolute Gasteiger partial charge is 0.497 e. The first kappa shape index (κ1) is 19.9. The maximum Gasteiger partial charge on any atom is 0.326 e. The van der Waals surface area contributed by atoms with Crippen LogP contribution in [-0.4, -0.2) is 54.4 Å². The van der Waals surface area contributed by atoms with Crippen molar-refractivity contribution in [1.82, 2.24) is 10.2 Å². The third-order valence-corrected chi connectivity index (χ3v) is 5.56. The molecule has 0 bridgehead atoms. The molecule has 3 rings (SSSR count). The van der Waals surface area contributed by atoms with E-state index in [1.807, 2.05) is 6.92 Å². The molecule has 0 aromatic heterocycles. The maximum absolute atomic E-state index is 12.8. The minimum absolute atomic E-state index is 0.00960. The van der Waals surface area contributed by atoms with Gasteiger partial charge in [-0.2, -0.15) is 0 Å². The van der Waals surface area contributed by atoms with Crippen LogP contribution in [-0.2, 0) is 14.3 Å². The fourth-order valence-corrected chi connectivity index (χ4v) is 3.82. The minimum atomic E-state index is -0.922. The number of rotatable bonds is 6. The molecule has 2 aliphatic rings. The summed E-state index contributed by atoms with van der Waals surface area (Å²) in [5, 5.41) is 2.78. The van der Waals surface area contributed by atoms with E-state index in [0.717, 1.165) is 24.2 Å². The minimum Gasteiger partial charge on any atom is -0.497 e. The van der Waals surface area contributed by atoms with Gasteiger partial charge in [-0.25, -0.2) is 4.79 Å². The van der Waals surface area contributed by atoms with Crippen molar-refractivity contribution < 1.29 is 28.7 Å². The number of ether oxygens (including phenoxy) is 2. The van der Waals surface area contributed by atoms with E-state index in [9.17, 15) is 19.2 Å². The molecule has 28 heavy (non-hydrogen) atoms. The van der Waals surface area contributed by atoms with Crippen molar-refractivity contribution in [2.75, 3.05) is 20.3 Å². The first-order chi connectivity index (χ1) is 13.4. The molecular weight excluding hydrogens is 364 g/mol. The quantitative estimate of drug-likeness (QED) is 0.454. The lowest BCUT2D eigenvalue weighted by molar-refractivity contribution is -0.147. The number of Topliss-reactive ketones (excluding diaryl/α,β-unsaturated/α-hetero) is 1. The zero-order chi connectivity index (χ0) is 20.3. The van der Waals surface area contributed by atoms with Crippen LogP contribution in [0.1, 0.15) is 43.0 Å². The molecule has 0 radical (unpaired) electrons. The summed E-state index contributed by atoms with van der Waals surface area (Å²) < 4.78 is 10.0. The molecule has 2 fully saturated rings. The Balaban J connectivity index is 1.56. The van der Waals surface area contributed by atoms with Gasteiger partial charge in [0.25, 0.3) is 5.91 Å². The van der Waals surface area contributed by atoms with Gasteiger partial charge in [0, 0.05) is 5.56 Å². The van der Waals surface area contributed by atoms with Crippen LogP contribution in [0.2, 0.25) is 0 Å². The van der Waals surface area contributed by atoms with Crippen LogP contribution >= 0.6 is 0 Å². The molecule has 150 valence electrons. The first-order valence-corrected chi connectivity index (χ1v) is 9.34. The van der Waals surface area contributed by atoms with Crippen LogP contribution < -0.4 is 10.1 Å². The Kier molecular flexibility index (Phi) is 5.67. The molecule has 8 heteroatoms. The third-order valence-electron chi connectivity index (χ3n) is 5.56. The van der Waals surface area contributed by atoms with Gasteiger partial charge in [-0.15, -0.1) is 0 Å². The van der Waals surface area contributed by atoms with E-state index in [4.69, 9.17) is 9.47 Å². The molecule has 1 aliphatic heterocycles. The number of ketones is 1. The number of carbonyl (C=O) groups excluding carboxylic acids is 4. The van der Waals surface area contributed by atoms with Gasteiger partial charge in [-0.05, 0) is 43.0 Å². The zero-order valence-electron chi connectivity index (χ0n) is 16.0. The lowest BCUT2D eigenvalue weighted by Crippen LogP contribution is -2.54. The average Bonchev–Trinajstić information content (AvgIpc) is 2.93. The van der Waals surface area contributed by atoms with E-state index in [0.29, 0.717) is 17.7 Å². The Morgan fingerprint density at radius 1 is 1.21 bits per heavy atom. The molecule has 1 spiro atoms. The number of hydrogen-bond donors (Lipinski definition) is 1. The number of urea groups is 1. The number of nitrogens with zero attached hydrogens (tertiary/aromatic N) is 1. The van der Waals surface area contributed by atoms with Crippen LogP contribution in [0.5, 0.6) is 5.75 Å². The number of esters is 1. The highest BCUT2D eigenvalue weighted by Crippen LogP contribution is 2.38. The van der Waals surface area contributed by atoms with E-state index in [-0.39, 0.29) is 17.6 Å². The topological polar surface area (TPSA) is 102 Å². The normalized spacial score (nSPS) is 24.2. The SMILES string of the molecule is COc1ccc(C(=O)COC(=O)CN2C(=O)N[C@@]3(CCCC[C@H]3C)C2=O)cc1. The van der Waals surface area contributed by atoms with Gasteiger partial charge in [0.1, 0.15) is 17.8 Å². The van der Waals surface area contributed by atoms with E-state index in [1.165, 1.54) is 7.11 Å². The summed E-state index contributed by atoms with van der Waals surface area (Å²) in [6, 6.07) is 5.82. The van der Waals surface area contributed by atoms with Crippen molar-refractivity contribution in [1.29, 1.82) is 0 Å². The van der Waals surface area contributed by atoms with Gasteiger partial charge < -0.3 is 14.8 Å². The van der Waals surface area contributed by atoms with Crippen LogP contribution in [0.3, 0.4) is 0 Å². The molecule has 3 amide bonds. The fraction of sp³-hybridized carbons (Fsp3) is 0.500. The van der Waals surface area contributed by atoms with Gasteiger partial charge in [0.15, 0.2) is 12.4 Å². The molecule has 1 aromatic carbocycles. The Morgan fingerprint density at radius 3 is 2.57 bits per heavy atom. The maximum atomic E-state index is 12.8. The second-order valence-electron chi connectivity index (χ2n) is 7.25. The predicted octanol–water partition coefficient (Wildman–Crippen LogP) is 1.92. The van der Waals surface area contributed by atoms with Gasteiger partial charge in [0.2, 0.25) is 0 Å². The number of imide groups is 1. The first-order valence-electron chi connectivity index (χ1n) is 9.34. The summed E-state index contributed by atoms with van der Waals surface area (Å²) in [5.74, 6) is -0.951. The van der Waals surface area contributed by atoms with Crippen molar-refractivity contribution >= 4 is 23.7 Å². The zero-order valence-corrected chi connectivity index (χ0v) is 16.0.